The van der Waals surface area contributed by atoms with Crippen LogP contribution in [-0.2, 0) is 38.5 Å². The summed E-state index contributed by atoms with van der Waals surface area (Å²) in [5.74, 6) is 0. The minimum absolute atomic E-state index is 0.813. The average molecular weight is 436 g/mol. The molecule has 3 heteroatoms. The van der Waals surface area contributed by atoms with Crippen LogP contribution in [0.3, 0.4) is 0 Å². The van der Waals surface area contributed by atoms with Crippen molar-refractivity contribution in [3.05, 3.63) is 124 Å². The third-order valence-corrected chi connectivity index (χ3v) is 6.16. The van der Waals surface area contributed by atoms with Gasteiger partial charge in [-0.15, -0.1) is 0 Å². The highest BCUT2D eigenvalue weighted by atomic mass is 14.5. The number of rotatable bonds is 9. The summed E-state index contributed by atoms with van der Waals surface area (Å²) < 4.78 is 0. The largest absolute Gasteiger partial charge is 0.399 e. The molecule has 0 heterocycles. The highest BCUT2D eigenvalue weighted by molar-refractivity contribution is 5.42. The van der Waals surface area contributed by atoms with E-state index in [4.69, 9.17) is 17.2 Å². The number of hydrogen-bond acceptors (Lipinski definition) is 3. The lowest BCUT2D eigenvalue weighted by Gasteiger charge is -2.11. The molecule has 168 valence electrons. The molecule has 3 nitrogen and oxygen atoms in total. The second-order valence-electron chi connectivity index (χ2n) is 8.88. The lowest BCUT2D eigenvalue weighted by molar-refractivity contribution is 0.903. The zero-order valence-corrected chi connectivity index (χ0v) is 19.1. The maximum Gasteiger partial charge on any atom is 0.0314 e. The molecule has 0 unspecified atom stereocenters. The van der Waals surface area contributed by atoms with Crippen LogP contribution in [0.2, 0.25) is 0 Å². The van der Waals surface area contributed by atoms with Gasteiger partial charge in [-0.1, -0.05) is 54.6 Å². The van der Waals surface area contributed by atoms with Gasteiger partial charge in [-0.3, -0.25) is 0 Å². The number of anilines is 3. The van der Waals surface area contributed by atoms with Crippen LogP contribution in [0.5, 0.6) is 0 Å². The van der Waals surface area contributed by atoms with Gasteiger partial charge in [-0.05, 0) is 108 Å². The predicted molar refractivity (Wildman–Crippen MR) is 141 cm³/mol. The van der Waals surface area contributed by atoms with E-state index in [0.717, 1.165) is 55.6 Å². The average Bonchev–Trinajstić information content (AvgIpc) is 2.83. The smallest absolute Gasteiger partial charge is 0.0314 e. The fourth-order valence-electron chi connectivity index (χ4n) is 4.19. The molecule has 0 aliphatic heterocycles. The maximum atomic E-state index is 5.84. The first-order valence-electron chi connectivity index (χ1n) is 11.7. The van der Waals surface area contributed by atoms with Gasteiger partial charge >= 0.3 is 0 Å². The Morgan fingerprint density at radius 3 is 0.758 bits per heavy atom. The third-order valence-electron chi connectivity index (χ3n) is 6.16. The van der Waals surface area contributed by atoms with Crippen LogP contribution in [0.15, 0.2) is 91.0 Å². The summed E-state index contributed by atoms with van der Waals surface area (Å²) >= 11 is 0. The van der Waals surface area contributed by atoms with Gasteiger partial charge in [0.2, 0.25) is 0 Å². The van der Waals surface area contributed by atoms with Crippen molar-refractivity contribution in [2.45, 2.75) is 38.5 Å². The van der Waals surface area contributed by atoms with E-state index in [1.54, 1.807) is 0 Å². The van der Waals surface area contributed by atoms with Crippen molar-refractivity contribution in [1.29, 1.82) is 0 Å². The maximum absolute atomic E-state index is 5.84. The molecule has 0 amide bonds. The Labute approximate surface area is 197 Å². The number of aryl methyl sites for hydroxylation is 6. The Hall–Kier alpha value is -3.72. The van der Waals surface area contributed by atoms with Crippen molar-refractivity contribution in [2.75, 3.05) is 17.2 Å². The summed E-state index contributed by atoms with van der Waals surface area (Å²) in [5.41, 5.74) is 28.1. The van der Waals surface area contributed by atoms with Crippen molar-refractivity contribution in [3.8, 4) is 0 Å². The molecule has 0 aliphatic rings. The van der Waals surface area contributed by atoms with Crippen molar-refractivity contribution in [3.63, 3.8) is 0 Å². The number of hydrogen-bond donors (Lipinski definition) is 3. The Morgan fingerprint density at radius 1 is 0.303 bits per heavy atom. The monoisotopic (exact) mass is 435 g/mol. The van der Waals surface area contributed by atoms with Crippen molar-refractivity contribution in [2.24, 2.45) is 0 Å². The second-order valence-corrected chi connectivity index (χ2v) is 8.88. The third kappa shape index (κ3) is 6.88. The molecule has 0 saturated heterocycles. The van der Waals surface area contributed by atoms with Gasteiger partial charge in [0.15, 0.2) is 0 Å². The molecule has 6 N–H and O–H groups in total. The van der Waals surface area contributed by atoms with Crippen LogP contribution < -0.4 is 17.2 Å². The summed E-state index contributed by atoms with van der Waals surface area (Å²) in [5, 5.41) is 0. The first kappa shape index (κ1) is 22.5. The van der Waals surface area contributed by atoms with Crippen LogP contribution in [0.25, 0.3) is 0 Å². The van der Waals surface area contributed by atoms with Crippen molar-refractivity contribution >= 4 is 17.1 Å². The Bertz CT molecular complexity index is 997. The molecule has 0 bridgehead atoms. The Kier molecular flexibility index (Phi) is 7.31. The van der Waals surface area contributed by atoms with E-state index >= 15 is 0 Å². The Balaban J connectivity index is 1.48. The first-order valence-corrected chi connectivity index (χ1v) is 11.7. The molecule has 0 saturated carbocycles. The fraction of sp³-hybridized carbons (Fsp3) is 0.200. The molecule has 0 atom stereocenters. The molecule has 0 aromatic heterocycles. The number of nitrogen functional groups attached to an aromatic ring is 3. The summed E-state index contributed by atoms with van der Waals surface area (Å²) in [6.45, 7) is 0. The molecular weight excluding hydrogens is 402 g/mol. The predicted octanol–water partition coefficient (Wildman–Crippen LogP) is 5.79. The van der Waals surface area contributed by atoms with E-state index in [2.05, 4.69) is 54.6 Å². The molecule has 4 aromatic carbocycles. The van der Waals surface area contributed by atoms with E-state index in [-0.39, 0.29) is 0 Å². The Morgan fingerprint density at radius 2 is 0.515 bits per heavy atom. The molecule has 33 heavy (non-hydrogen) atoms. The topological polar surface area (TPSA) is 78.1 Å². The minimum atomic E-state index is 0.813. The van der Waals surface area contributed by atoms with Gasteiger partial charge in [-0.2, -0.15) is 0 Å². The van der Waals surface area contributed by atoms with Crippen LogP contribution in [0.1, 0.15) is 33.4 Å². The van der Waals surface area contributed by atoms with Crippen LogP contribution in [0.4, 0.5) is 17.1 Å². The van der Waals surface area contributed by atoms with Crippen LogP contribution in [-0.4, -0.2) is 0 Å². The van der Waals surface area contributed by atoms with E-state index < -0.39 is 0 Å². The van der Waals surface area contributed by atoms with Crippen LogP contribution >= 0.6 is 0 Å². The van der Waals surface area contributed by atoms with Crippen LogP contribution in [0, 0.1) is 0 Å². The zero-order valence-electron chi connectivity index (χ0n) is 19.1. The van der Waals surface area contributed by atoms with E-state index in [0.29, 0.717) is 0 Å². The van der Waals surface area contributed by atoms with Gasteiger partial charge in [0, 0.05) is 17.1 Å². The van der Waals surface area contributed by atoms with E-state index in [1.807, 2.05) is 36.4 Å². The second kappa shape index (κ2) is 10.7. The zero-order chi connectivity index (χ0) is 23.0. The summed E-state index contributed by atoms with van der Waals surface area (Å²) in [4.78, 5) is 0. The SMILES string of the molecule is Nc1ccc(CCc2cc(CCc3ccc(N)cc3)cc(CCc3ccc(N)cc3)c2)cc1. The fourth-order valence-corrected chi connectivity index (χ4v) is 4.19. The number of benzene rings is 4. The molecular formula is C30H33N3. The standard InChI is InChI=1S/C30H33N3/c31-28-13-7-22(8-14-28)1-4-25-19-26(5-2-23-9-15-29(32)16-10-23)21-27(20-25)6-3-24-11-17-30(33)18-12-24/h7-21H,1-6,31-33H2. The summed E-state index contributed by atoms with van der Waals surface area (Å²) in [6.07, 6.45) is 6.11. The van der Waals surface area contributed by atoms with Crippen molar-refractivity contribution in [1.82, 2.24) is 0 Å². The van der Waals surface area contributed by atoms with E-state index in [1.165, 1.54) is 33.4 Å². The van der Waals surface area contributed by atoms with E-state index in [9.17, 15) is 0 Å². The normalized spacial score (nSPS) is 10.9. The summed E-state index contributed by atoms with van der Waals surface area (Å²) in [6, 6.07) is 31.8. The molecule has 4 aromatic rings. The lowest BCUT2D eigenvalue weighted by atomic mass is 9.94. The molecule has 0 radical (unpaired) electrons. The highest BCUT2D eigenvalue weighted by Gasteiger charge is 2.05. The van der Waals surface area contributed by atoms with Crippen molar-refractivity contribution < 1.29 is 0 Å². The van der Waals surface area contributed by atoms with Gasteiger partial charge in [0.05, 0.1) is 0 Å². The first-order chi connectivity index (χ1) is 16.0. The summed E-state index contributed by atoms with van der Waals surface area (Å²) in [7, 11) is 0. The lowest BCUT2D eigenvalue weighted by Crippen LogP contribution is -2.00. The van der Waals surface area contributed by atoms with Gasteiger partial charge < -0.3 is 17.2 Å². The molecule has 0 spiro atoms. The molecule has 4 rings (SSSR count). The molecule has 0 aliphatic carbocycles. The van der Waals surface area contributed by atoms with Gasteiger partial charge in [0.1, 0.15) is 0 Å². The van der Waals surface area contributed by atoms with Gasteiger partial charge in [-0.25, -0.2) is 0 Å². The molecule has 0 fully saturated rings. The van der Waals surface area contributed by atoms with Gasteiger partial charge in [0.25, 0.3) is 0 Å². The highest BCUT2D eigenvalue weighted by Crippen LogP contribution is 2.19. The quantitative estimate of drug-likeness (QED) is 0.291. The minimum Gasteiger partial charge on any atom is -0.399 e. The number of nitrogens with two attached hydrogens (primary N) is 3.